The summed E-state index contributed by atoms with van der Waals surface area (Å²) in [6, 6.07) is 5.30. The summed E-state index contributed by atoms with van der Waals surface area (Å²) in [4.78, 5) is 9.53. The minimum absolute atomic E-state index is 0.349. The van der Waals surface area contributed by atoms with Gasteiger partial charge in [0.15, 0.2) is 0 Å². The SMILES string of the molecule is CN(CCCNc1ncnc2cc(Cl)ccc12)CC(F)(F)F. The number of alkyl halides is 3. The zero-order chi connectivity index (χ0) is 16.2. The average molecular weight is 333 g/mol. The highest BCUT2D eigenvalue weighted by Crippen LogP contribution is 2.22. The van der Waals surface area contributed by atoms with Gasteiger partial charge in [0.2, 0.25) is 0 Å². The van der Waals surface area contributed by atoms with E-state index in [-0.39, 0.29) is 0 Å². The molecule has 1 aromatic heterocycles. The second kappa shape index (κ2) is 7.11. The first-order chi connectivity index (χ1) is 10.3. The molecule has 2 aromatic rings. The third-order valence-electron chi connectivity index (χ3n) is 3.06. The van der Waals surface area contributed by atoms with Gasteiger partial charge >= 0.3 is 6.18 Å². The predicted octanol–water partition coefficient (Wildman–Crippen LogP) is 3.58. The van der Waals surface area contributed by atoms with E-state index in [2.05, 4.69) is 15.3 Å². The van der Waals surface area contributed by atoms with Gasteiger partial charge in [-0.3, -0.25) is 4.90 Å². The van der Waals surface area contributed by atoms with E-state index in [4.69, 9.17) is 11.6 Å². The molecule has 0 radical (unpaired) electrons. The van der Waals surface area contributed by atoms with Crippen molar-refractivity contribution in [1.82, 2.24) is 14.9 Å². The molecule has 1 N–H and O–H groups in total. The van der Waals surface area contributed by atoms with Crippen molar-refractivity contribution in [2.45, 2.75) is 12.6 Å². The van der Waals surface area contributed by atoms with Crippen LogP contribution in [0, 0.1) is 0 Å². The second-order valence-corrected chi connectivity index (χ2v) is 5.45. The van der Waals surface area contributed by atoms with Crippen LogP contribution >= 0.6 is 11.6 Å². The molecule has 0 unspecified atom stereocenters. The molecule has 1 aromatic carbocycles. The lowest BCUT2D eigenvalue weighted by atomic mass is 10.2. The van der Waals surface area contributed by atoms with E-state index in [1.54, 1.807) is 12.1 Å². The predicted molar refractivity (Wildman–Crippen MR) is 81.2 cm³/mol. The zero-order valence-corrected chi connectivity index (χ0v) is 12.7. The fourth-order valence-electron chi connectivity index (χ4n) is 2.11. The molecule has 0 saturated heterocycles. The van der Waals surface area contributed by atoms with Crippen LogP contribution < -0.4 is 5.32 Å². The summed E-state index contributed by atoms with van der Waals surface area (Å²) in [5, 5.41) is 4.54. The number of benzene rings is 1. The molecule has 0 saturated carbocycles. The van der Waals surface area contributed by atoms with Crippen molar-refractivity contribution >= 4 is 28.3 Å². The van der Waals surface area contributed by atoms with Crippen molar-refractivity contribution in [3.05, 3.63) is 29.5 Å². The molecule has 2 rings (SSSR count). The monoisotopic (exact) mass is 332 g/mol. The first-order valence-electron chi connectivity index (χ1n) is 6.74. The Kier molecular flexibility index (Phi) is 5.42. The Balaban J connectivity index is 1.87. The number of aromatic nitrogens is 2. The lowest BCUT2D eigenvalue weighted by Crippen LogP contribution is -2.32. The molecule has 0 bridgehead atoms. The van der Waals surface area contributed by atoms with E-state index in [0.717, 1.165) is 10.9 Å². The van der Waals surface area contributed by atoms with Crippen LogP contribution in [0.2, 0.25) is 5.02 Å². The molecule has 22 heavy (non-hydrogen) atoms. The van der Waals surface area contributed by atoms with Gasteiger partial charge in [-0.05, 0) is 38.2 Å². The van der Waals surface area contributed by atoms with Crippen molar-refractivity contribution < 1.29 is 13.2 Å². The third kappa shape index (κ3) is 4.99. The highest BCUT2D eigenvalue weighted by molar-refractivity contribution is 6.31. The van der Waals surface area contributed by atoms with Crippen molar-refractivity contribution in [2.24, 2.45) is 0 Å². The van der Waals surface area contributed by atoms with Crippen LogP contribution in [0.15, 0.2) is 24.5 Å². The van der Waals surface area contributed by atoms with Crippen molar-refractivity contribution in [1.29, 1.82) is 0 Å². The van der Waals surface area contributed by atoms with Crippen LogP contribution in [0.3, 0.4) is 0 Å². The second-order valence-electron chi connectivity index (χ2n) is 5.02. The number of fused-ring (bicyclic) bond motifs is 1. The molecule has 120 valence electrons. The van der Waals surface area contributed by atoms with Crippen LogP contribution in [-0.2, 0) is 0 Å². The number of halogens is 4. The fourth-order valence-corrected chi connectivity index (χ4v) is 2.28. The first kappa shape index (κ1) is 16.8. The quantitative estimate of drug-likeness (QED) is 0.821. The highest BCUT2D eigenvalue weighted by atomic mass is 35.5. The summed E-state index contributed by atoms with van der Waals surface area (Å²) < 4.78 is 36.6. The Bertz CT molecular complexity index is 633. The first-order valence-corrected chi connectivity index (χ1v) is 7.12. The number of anilines is 1. The van der Waals surface area contributed by atoms with E-state index < -0.39 is 12.7 Å². The molecule has 0 aliphatic heterocycles. The molecule has 0 spiro atoms. The molecule has 0 atom stereocenters. The summed E-state index contributed by atoms with van der Waals surface area (Å²) in [7, 11) is 1.45. The van der Waals surface area contributed by atoms with Crippen molar-refractivity contribution in [3.63, 3.8) is 0 Å². The van der Waals surface area contributed by atoms with Crippen LogP contribution in [0.4, 0.5) is 19.0 Å². The van der Waals surface area contributed by atoms with Gasteiger partial charge in [0.25, 0.3) is 0 Å². The molecule has 0 amide bonds. The van der Waals surface area contributed by atoms with Gasteiger partial charge in [0.1, 0.15) is 12.1 Å². The molecule has 8 heteroatoms. The van der Waals surface area contributed by atoms with Crippen LogP contribution in [-0.4, -0.2) is 47.7 Å². The van der Waals surface area contributed by atoms with E-state index in [9.17, 15) is 13.2 Å². The molecular weight excluding hydrogens is 317 g/mol. The van der Waals surface area contributed by atoms with Gasteiger partial charge < -0.3 is 5.32 Å². The van der Waals surface area contributed by atoms with Crippen molar-refractivity contribution in [2.75, 3.05) is 32.0 Å². The molecule has 0 fully saturated rings. The number of rotatable bonds is 6. The number of hydrogen-bond acceptors (Lipinski definition) is 4. The molecule has 4 nitrogen and oxygen atoms in total. The summed E-state index contributed by atoms with van der Waals surface area (Å²) in [6.45, 7) is -0.0276. The summed E-state index contributed by atoms with van der Waals surface area (Å²) >= 11 is 5.91. The standard InChI is InChI=1S/C14H16ClF3N4/c1-22(8-14(16,17)18)6-2-5-19-13-11-4-3-10(15)7-12(11)20-9-21-13/h3-4,7,9H,2,5-6,8H2,1H3,(H,19,20,21). The number of nitrogens with one attached hydrogen (secondary N) is 1. The van der Waals surface area contributed by atoms with E-state index in [1.807, 2.05) is 6.07 Å². The maximum Gasteiger partial charge on any atom is 0.401 e. The Hall–Kier alpha value is -1.60. The summed E-state index contributed by atoms with van der Waals surface area (Å²) in [5.41, 5.74) is 0.721. The Morgan fingerprint density at radius 1 is 1.27 bits per heavy atom. The maximum absolute atomic E-state index is 12.2. The molecule has 1 heterocycles. The van der Waals surface area contributed by atoms with Crippen LogP contribution in [0.1, 0.15) is 6.42 Å². The molecule has 0 aliphatic rings. The summed E-state index contributed by atoms with van der Waals surface area (Å²) in [6.07, 6.45) is -2.16. The van der Waals surface area contributed by atoms with Gasteiger partial charge in [-0.2, -0.15) is 13.2 Å². The average Bonchev–Trinajstić information content (AvgIpc) is 2.41. The topological polar surface area (TPSA) is 41.0 Å². The lowest BCUT2D eigenvalue weighted by Gasteiger charge is -2.18. The third-order valence-corrected chi connectivity index (χ3v) is 3.29. The van der Waals surface area contributed by atoms with Gasteiger partial charge in [-0.25, -0.2) is 9.97 Å². The molecule has 0 aliphatic carbocycles. The van der Waals surface area contributed by atoms with Crippen molar-refractivity contribution in [3.8, 4) is 0 Å². The minimum Gasteiger partial charge on any atom is -0.369 e. The fraction of sp³-hybridized carbons (Fsp3) is 0.429. The van der Waals surface area contributed by atoms with Crippen LogP contribution in [0.5, 0.6) is 0 Å². The lowest BCUT2D eigenvalue weighted by molar-refractivity contribution is -0.142. The van der Waals surface area contributed by atoms with E-state index in [1.165, 1.54) is 18.3 Å². The van der Waals surface area contributed by atoms with Crippen LogP contribution in [0.25, 0.3) is 10.9 Å². The normalized spacial score (nSPS) is 12.1. The van der Waals surface area contributed by atoms with Gasteiger partial charge in [0.05, 0.1) is 12.1 Å². The van der Waals surface area contributed by atoms with Gasteiger partial charge in [0, 0.05) is 17.0 Å². The highest BCUT2D eigenvalue weighted by Gasteiger charge is 2.28. The maximum atomic E-state index is 12.2. The Labute approximate surface area is 131 Å². The Morgan fingerprint density at radius 2 is 2.05 bits per heavy atom. The van der Waals surface area contributed by atoms with E-state index in [0.29, 0.717) is 30.4 Å². The van der Waals surface area contributed by atoms with E-state index >= 15 is 0 Å². The zero-order valence-electron chi connectivity index (χ0n) is 12.0. The van der Waals surface area contributed by atoms with Gasteiger partial charge in [-0.15, -0.1) is 0 Å². The molecular formula is C14H16ClF3N4. The van der Waals surface area contributed by atoms with Gasteiger partial charge in [-0.1, -0.05) is 11.6 Å². The Morgan fingerprint density at radius 3 is 2.77 bits per heavy atom. The number of nitrogens with zero attached hydrogens (tertiary/aromatic N) is 3. The number of hydrogen-bond donors (Lipinski definition) is 1. The smallest absolute Gasteiger partial charge is 0.369 e. The largest absolute Gasteiger partial charge is 0.401 e. The summed E-state index contributed by atoms with van der Waals surface area (Å²) in [5.74, 6) is 0.653. The minimum atomic E-state index is -4.16.